The number of hydrogen-bond donors (Lipinski definition) is 1. The summed E-state index contributed by atoms with van der Waals surface area (Å²) in [7, 11) is 1.31. The summed E-state index contributed by atoms with van der Waals surface area (Å²) in [4.78, 5) is 24.8. The number of amides is 2. The van der Waals surface area contributed by atoms with Gasteiger partial charge in [0.05, 0.1) is 13.2 Å². The molecule has 1 heterocycles. The van der Waals surface area contributed by atoms with Crippen LogP contribution < -0.4 is 10.2 Å². The monoisotopic (exact) mass is 262 g/mol. The molecule has 2 rings (SSSR count). The fourth-order valence-electron chi connectivity index (χ4n) is 2.17. The zero-order valence-electron chi connectivity index (χ0n) is 11.4. The standard InChI is InChI=1S/C14H18N2O3/c1-9-4-5-12(6-10(9)2)16-8-11(7-13(16)17)15-14(18)19-3/h4-6,11H,7-8H2,1-3H3,(H,15,18)/t11-/m1/s1. The number of benzene rings is 1. The second-order valence-electron chi connectivity index (χ2n) is 4.81. The molecule has 0 aromatic heterocycles. The number of methoxy groups -OCH3 is 1. The fourth-order valence-corrected chi connectivity index (χ4v) is 2.17. The van der Waals surface area contributed by atoms with Gasteiger partial charge in [-0.1, -0.05) is 6.07 Å². The molecule has 102 valence electrons. The quantitative estimate of drug-likeness (QED) is 0.883. The minimum absolute atomic E-state index is 0.0182. The van der Waals surface area contributed by atoms with Gasteiger partial charge in [-0.25, -0.2) is 4.79 Å². The van der Waals surface area contributed by atoms with Gasteiger partial charge in [-0.05, 0) is 37.1 Å². The van der Waals surface area contributed by atoms with Crippen molar-refractivity contribution < 1.29 is 14.3 Å². The summed E-state index contributed by atoms with van der Waals surface area (Å²) in [5.41, 5.74) is 3.22. The van der Waals surface area contributed by atoms with Crippen LogP contribution in [0.1, 0.15) is 17.5 Å². The number of anilines is 1. The van der Waals surface area contributed by atoms with Crippen LogP contribution in [0.5, 0.6) is 0 Å². The van der Waals surface area contributed by atoms with E-state index in [1.807, 2.05) is 32.0 Å². The summed E-state index contributed by atoms with van der Waals surface area (Å²) in [6, 6.07) is 5.73. The van der Waals surface area contributed by atoms with Crippen LogP contribution in [0.15, 0.2) is 18.2 Å². The van der Waals surface area contributed by atoms with E-state index < -0.39 is 6.09 Å². The Balaban J connectivity index is 2.11. The number of rotatable bonds is 2. The lowest BCUT2D eigenvalue weighted by Gasteiger charge is -2.18. The second-order valence-corrected chi connectivity index (χ2v) is 4.81. The van der Waals surface area contributed by atoms with E-state index in [-0.39, 0.29) is 11.9 Å². The number of carbonyl (C=O) groups is 2. The largest absolute Gasteiger partial charge is 0.453 e. The Kier molecular flexibility index (Phi) is 3.74. The van der Waals surface area contributed by atoms with Crippen LogP contribution in [0.4, 0.5) is 10.5 Å². The molecule has 1 saturated heterocycles. The van der Waals surface area contributed by atoms with Gasteiger partial charge in [0.25, 0.3) is 0 Å². The lowest BCUT2D eigenvalue weighted by atomic mass is 10.1. The first kappa shape index (κ1) is 13.4. The van der Waals surface area contributed by atoms with Crippen molar-refractivity contribution in [1.82, 2.24) is 5.32 Å². The summed E-state index contributed by atoms with van der Waals surface area (Å²) in [5, 5.41) is 2.66. The lowest BCUT2D eigenvalue weighted by molar-refractivity contribution is -0.117. The Morgan fingerprint density at radius 3 is 2.74 bits per heavy atom. The SMILES string of the molecule is COC(=O)N[C@@H]1CC(=O)N(c2ccc(C)c(C)c2)C1. The Morgan fingerprint density at radius 1 is 1.37 bits per heavy atom. The molecule has 19 heavy (non-hydrogen) atoms. The highest BCUT2D eigenvalue weighted by Gasteiger charge is 2.31. The highest BCUT2D eigenvalue weighted by Crippen LogP contribution is 2.24. The zero-order chi connectivity index (χ0) is 14.0. The maximum atomic E-state index is 12.0. The number of hydrogen-bond acceptors (Lipinski definition) is 3. The molecule has 1 N–H and O–H groups in total. The molecule has 1 atom stereocenters. The van der Waals surface area contributed by atoms with E-state index in [1.165, 1.54) is 12.7 Å². The van der Waals surface area contributed by atoms with Crippen molar-refractivity contribution in [2.45, 2.75) is 26.3 Å². The Morgan fingerprint density at radius 2 is 2.11 bits per heavy atom. The van der Waals surface area contributed by atoms with E-state index in [1.54, 1.807) is 4.90 Å². The summed E-state index contributed by atoms with van der Waals surface area (Å²) >= 11 is 0. The van der Waals surface area contributed by atoms with E-state index in [2.05, 4.69) is 10.1 Å². The highest BCUT2D eigenvalue weighted by molar-refractivity contribution is 5.96. The number of alkyl carbamates (subject to hydrolysis) is 1. The molecular formula is C14H18N2O3. The first-order chi connectivity index (χ1) is 9.01. The molecule has 1 fully saturated rings. The smallest absolute Gasteiger partial charge is 0.407 e. The molecule has 0 aliphatic carbocycles. The zero-order valence-corrected chi connectivity index (χ0v) is 11.4. The van der Waals surface area contributed by atoms with Gasteiger partial charge >= 0.3 is 6.09 Å². The van der Waals surface area contributed by atoms with Gasteiger partial charge < -0.3 is 15.0 Å². The molecule has 0 saturated carbocycles. The van der Waals surface area contributed by atoms with E-state index in [9.17, 15) is 9.59 Å². The molecule has 1 aliphatic heterocycles. The maximum Gasteiger partial charge on any atom is 0.407 e. The third-order valence-corrected chi connectivity index (χ3v) is 3.43. The van der Waals surface area contributed by atoms with Crippen molar-refractivity contribution in [1.29, 1.82) is 0 Å². The predicted molar refractivity (Wildman–Crippen MR) is 72.2 cm³/mol. The molecule has 1 aliphatic rings. The van der Waals surface area contributed by atoms with Crippen molar-refractivity contribution in [3.63, 3.8) is 0 Å². The normalized spacial score (nSPS) is 18.6. The van der Waals surface area contributed by atoms with Crippen molar-refractivity contribution in [2.75, 3.05) is 18.6 Å². The van der Waals surface area contributed by atoms with Crippen molar-refractivity contribution >= 4 is 17.7 Å². The minimum Gasteiger partial charge on any atom is -0.453 e. The van der Waals surface area contributed by atoms with Crippen molar-refractivity contribution in [2.24, 2.45) is 0 Å². The average Bonchev–Trinajstić information content (AvgIpc) is 2.73. The summed E-state index contributed by atoms with van der Waals surface area (Å²) < 4.78 is 4.54. The summed E-state index contributed by atoms with van der Waals surface area (Å²) in [6.45, 7) is 4.53. The van der Waals surface area contributed by atoms with E-state index >= 15 is 0 Å². The van der Waals surface area contributed by atoms with Crippen LogP contribution in [-0.4, -0.2) is 31.7 Å². The van der Waals surface area contributed by atoms with Gasteiger partial charge in [0.2, 0.25) is 5.91 Å². The van der Waals surface area contributed by atoms with Gasteiger partial charge in [-0.2, -0.15) is 0 Å². The van der Waals surface area contributed by atoms with E-state index in [0.717, 1.165) is 11.3 Å². The summed E-state index contributed by atoms with van der Waals surface area (Å²) in [6.07, 6.45) is -0.193. The topological polar surface area (TPSA) is 58.6 Å². The molecule has 0 spiro atoms. The van der Waals surface area contributed by atoms with Crippen LogP contribution in [0, 0.1) is 13.8 Å². The molecule has 5 nitrogen and oxygen atoms in total. The molecule has 2 amide bonds. The summed E-state index contributed by atoms with van der Waals surface area (Å²) in [5.74, 6) is 0.0182. The first-order valence-corrected chi connectivity index (χ1v) is 6.23. The van der Waals surface area contributed by atoms with Gasteiger partial charge in [0.1, 0.15) is 0 Å². The fraction of sp³-hybridized carbons (Fsp3) is 0.429. The molecule has 1 aromatic carbocycles. The average molecular weight is 262 g/mol. The van der Waals surface area contributed by atoms with E-state index in [4.69, 9.17) is 0 Å². The third-order valence-electron chi connectivity index (χ3n) is 3.43. The van der Waals surface area contributed by atoms with Gasteiger partial charge in [-0.15, -0.1) is 0 Å². The van der Waals surface area contributed by atoms with Gasteiger partial charge in [0.15, 0.2) is 0 Å². The van der Waals surface area contributed by atoms with Gasteiger partial charge in [0, 0.05) is 18.7 Å². The van der Waals surface area contributed by atoms with Crippen molar-refractivity contribution in [3.05, 3.63) is 29.3 Å². The second kappa shape index (κ2) is 5.30. The predicted octanol–water partition coefficient (Wildman–Crippen LogP) is 1.76. The Labute approximate surface area is 112 Å². The van der Waals surface area contributed by atoms with Crippen LogP contribution in [0.25, 0.3) is 0 Å². The lowest BCUT2D eigenvalue weighted by Crippen LogP contribution is -2.37. The number of aryl methyl sites for hydroxylation is 2. The minimum atomic E-state index is -0.500. The van der Waals surface area contributed by atoms with Gasteiger partial charge in [-0.3, -0.25) is 4.79 Å². The molecule has 1 aromatic rings. The number of nitrogens with one attached hydrogen (secondary N) is 1. The third kappa shape index (κ3) is 2.86. The number of ether oxygens (including phenoxy) is 1. The Bertz CT molecular complexity index is 513. The van der Waals surface area contributed by atoms with Crippen molar-refractivity contribution in [3.8, 4) is 0 Å². The molecule has 0 unspecified atom stereocenters. The maximum absolute atomic E-state index is 12.0. The molecule has 0 bridgehead atoms. The number of carbonyl (C=O) groups excluding carboxylic acids is 2. The number of nitrogens with zero attached hydrogens (tertiary/aromatic N) is 1. The molecule has 5 heteroatoms. The van der Waals surface area contributed by atoms with Crippen LogP contribution in [0.2, 0.25) is 0 Å². The van der Waals surface area contributed by atoms with Crippen LogP contribution >= 0.6 is 0 Å². The first-order valence-electron chi connectivity index (χ1n) is 6.23. The van der Waals surface area contributed by atoms with Crippen LogP contribution in [0.3, 0.4) is 0 Å². The van der Waals surface area contributed by atoms with E-state index in [0.29, 0.717) is 13.0 Å². The molecule has 0 radical (unpaired) electrons. The van der Waals surface area contributed by atoms with Crippen LogP contribution in [-0.2, 0) is 9.53 Å². The molecular weight excluding hydrogens is 244 g/mol. The highest BCUT2D eigenvalue weighted by atomic mass is 16.5. The Hall–Kier alpha value is -2.04.